The molecule has 0 heterocycles. The molecule has 5 atom stereocenters. The lowest BCUT2D eigenvalue weighted by molar-refractivity contribution is -0.146. The summed E-state index contributed by atoms with van der Waals surface area (Å²) < 4.78 is 5.54. The van der Waals surface area contributed by atoms with Crippen molar-refractivity contribution in [1.29, 1.82) is 0 Å². The highest BCUT2D eigenvalue weighted by Gasteiger charge is 2.50. The molecular weight excluding hydrogens is 416 g/mol. The Morgan fingerprint density at radius 2 is 2.14 bits per heavy atom. The van der Waals surface area contributed by atoms with Crippen LogP contribution in [0.2, 0.25) is 0 Å². The minimum atomic E-state index is -0.187. The van der Waals surface area contributed by atoms with E-state index in [2.05, 4.69) is 48.5 Å². The standard InChI is InChI=1S/C24H35BrO3/c1-16-6-9-20(28-23(27)14-25)13-19(16)8-7-18-5-4-12-24(3)21(17(2)15-26)10-11-22(18)24/h7-8,17,20-22,26H,1,4-6,9-15H2,2-3H3/b18-7+,19-8-/t17-,20+,21-,22?,24-/m1/s1. The molecule has 1 unspecified atom stereocenters. The second kappa shape index (κ2) is 9.30. The Morgan fingerprint density at radius 1 is 1.36 bits per heavy atom. The molecule has 3 rings (SSSR count). The van der Waals surface area contributed by atoms with E-state index in [0.29, 0.717) is 29.8 Å². The number of fused-ring (bicyclic) bond motifs is 1. The molecule has 0 aliphatic heterocycles. The molecule has 3 aliphatic carbocycles. The van der Waals surface area contributed by atoms with Crippen molar-refractivity contribution >= 4 is 21.9 Å². The SMILES string of the molecule is C=C1CC[C@H](OC(=O)CBr)C/C1=C/C=C1\CCC[C@@]2(C)C1CC[C@@H]2[C@H](C)CO. The minimum Gasteiger partial charge on any atom is -0.461 e. The van der Waals surface area contributed by atoms with E-state index < -0.39 is 0 Å². The number of ether oxygens (including phenoxy) is 1. The van der Waals surface area contributed by atoms with Crippen molar-refractivity contribution in [3.8, 4) is 0 Å². The van der Waals surface area contributed by atoms with Gasteiger partial charge in [-0.1, -0.05) is 59.7 Å². The number of halogens is 1. The molecule has 156 valence electrons. The molecule has 1 N–H and O–H groups in total. The van der Waals surface area contributed by atoms with Crippen LogP contribution in [0, 0.1) is 23.2 Å². The van der Waals surface area contributed by atoms with Crippen molar-refractivity contribution < 1.29 is 14.6 Å². The maximum atomic E-state index is 11.6. The van der Waals surface area contributed by atoms with Crippen molar-refractivity contribution in [3.05, 3.63) is 35.5 Å². The van der Waals surface area contributed by atoms with Gasteiger partial charge in [-0.05, 0) is 73.7 Å². The van der Waals surface area contributed by atoms with Crippen molar-refractivity contribution in [3.63, 3.8) is 0 Å². The van der Waals surface area contributed by atoms with Gasteiger partial charge in [-0.15, -0.1) is 0 Å². The van der Waals surface area contributed by atoms with Gasteiger partial charge < -0.3 is 9.84 Å². The van der Waals surface area contributed by atoms with Gasteiger partial charge in [0, 0.05) is 13.0 Å². The number of carbonyl (C=O) groups excluding carboxylic acids is 1. The van der Waals surface area contributed by atoms with E-state index in [1.165, 1.54) is 43.3 Å². The normalized spacial score (nSPS) is 37.1. The Kier molecular flexibility index (Phi) is 7.25. The Morgan fingerprint density at radius 3 is 2.86 bits per heavy atom. The van der Waals surface area contributed by atoms with Crippen LogP contribution >= 0.6 is 15.9 Å². The summed E-state index contributed by atoms with van der Waals surface area (Å²) in [5.74, 6) is 1.46. The smallest absolute Gasteiger partial charge is 0.316 e. The summed E-state index contributed by atoms with van der Waals surface area (Å²) in [6.45, 7) is 9.20. The molecule has 3 nitrogen and oxygen atoms in total. The van der Waals surface area contributed by atoms with Crippen LogP contribution in [-0.2, 0) is 9.53 Å². The van der Waals surface area contributed by atoms with Gasteiger partial charge in [-0.2, -0.15) is 0 Å². The molecular formula is C24H35BrO3. The summed E-state index contributed by atoms with van der Waals surface area (Å²) in [7, 11) is 0. The fourth-order valence-corrected chi connectivity index (χ4v) is 6.17. The maximum absolute atomic E-state index is 11.6. The van der Waals surface area contributed by atoms with E-state index in [-0.39, 0.29) is 17.4 Å². The molecule has 4 heteroatoms. The van der Waals surface area contributed by atoms with Gasteiger partial charge in [0.25, 0.3) is 0 Å². The van der Waals surface area contributed by atoms with Crippen molar-refractivity contribution in [2.45, 2.75) is 71.3 Å². The molecule has 3 aliphatic rings. The number of aliphatic hydroxyl groups excluding tert-OH is 1. The van der Waals surface area contributed by atoms with Crippen molar-refractivity contribution in [2.24, 2.45) is 23.2 Å². The third-order valence-corrected chi connectivity index (χ3v) is 8.05. The first-order valence-electron chi connectivity index (χ1n) is 10.8. The minimum absolute atomic E-state index is 0.0295. The summed E-state index contributed by atoms with van der Waals surface area (Å²) in [5.41, 5.74) is 4.31. The molecule has 0 radical (unpaired) electrons. The molecule has 0 aromatic heterocycles. The number of carbonyl (C=O) groups is 1. The van der Waals surface area contributed by atoms with Gasteiger partial charge in [-0.25, -0.2) is 0 Å². The predicted molar refractivity (Wildman–Crippen MR) is 117 cm³/mol. The van der Waals surface area contributed by atoms with E-state index in [0.717, 1.165) is 19.3 Å². The zero-order chi connectivity index (χ0) is 20.3. The van der Waals surface area contributed by atoms with Crippen molar-refractivity contribution in [1.82, 2.24) is 0 Å². The zero-order valence-electron chi connectivity index (χ0n) is 17.4. The molecule has 0 bridgehead atoms. The lowest BCUT2D eigenvalue weighted by Gasteiger charge is -2.44. The number of rotatable bonds is 5. The number of allylic oxidation sites excluding steroid dienone is 4. The van der Waals surface area contributed by atoms with Gasteiger partial charge in [0.05, 0.1) is 0 Å². The van der Waals surface area contributed by atoms with Gasteiger partial charge in [0.2, 0.25) is 0 Å². The molecule has 3 fully saturated rings. The first kappa shape index (κ1) is 21.8. The fourth-order valence-electron chi connectivity index (χ4n) is 6.04. The highest BCUT2D eigenvalue weighted by molar-refractivity contribution is 9.09. The first-order chi connectivity index (χ1) is 13.4. The number of hydrogen-bond acceptors (Lipinski definition) is 3. The number of esters is 1. The maximum Gasteiger partial charge on any atom is 0.316 e. The summed E-state index contributed by atoms with van der Waals surface area (Å²) >= 11 is 3.17. The van der Waals surface area contributed by atoms with E-state index in [9.17, 15) is 9.90 Å². The molecule has 0 saturated heterocycles. The average molecular weight is 451 g/mol. The Balaban J connectivity index is 1.75. The fraction of sp³-hybridized carbons (Fsp3) is 0.708. The Labute approximate surface area is 178 Å². The van der Waals surface area contributed by atoms with Crippen LogP contribution < -0.4 is 0 Å². The molecule has 0 spiro atoms. The Hall–Kier alpha value is -0.870. The van der Waals surface area contributed by atoms with Crippen LogP contribution in [0.4, 0.5) is 0 Å². The molecule has 0 amide bonds. The third kappa shape index (κ3) is 4.48. The van der Waals surface area contributed by atoms with Gasteiger partial charge in [0.15, 0.2) is 0 Å². The molecule has 0 aromatic rings. The van der Waals surface area contributed by atoms with Gasteiger partial charge in [0.1, 0.15) is 11.4 Å². The second-order valence-corrected chi connectivity index (χ2v) is 9.84. The highest BCUT2D eigenvalue weighted by atomic mass is 79.9. The van der Waals surface area contributed by atoms with Crippen LogP contribution in [0.25, 0.3) is 0 Å². The average Bonchev–Trinajstić information content (AvgIpc) is 3.05. The van der Waals surface area contributed by atoms with E-state index in [4.69, 9.17) is 4.74 Å². The number of hydrogen-bond donors (Lipinski definition) is 1. The lowest BCUT2D eigenvalue weighted by atomic mass is 9.61. The van der Waals surface area contributed by atoms with E-state index >= 15 is 0 Å². The molecule has 3 saturated carbocycles. The largest absolute Gasteiger partial charge is 0.461 e. The highest BCUT2D eigenvalue weighted by Crippen LogP contribution is 2.59. The van der Waals surface area contributed by atoms with Crippen LogP contribution in [0.3, 0.4) is 0 Å². The molecule has 28 heavy (non-hydrogen) atoms. The van der Waals surface area contributed by atoms with E-state index in [1.807, 2.05) is 0 Å². The molecule has 0 aromatic carbocycles. The van der Waals surface area contributed by atoms with Crippen molar-refractivity contribution in [2.75, 3.05) is 11.9 Å². The van der Waals surface area contributed by atoms with Crippen LogP contribution in [0.1, 0.15) is 65.2 Å². The predicted octanol–water partition coefficient (Wildman–Crippen LogP) is 5.73. The summed E-state index contributed by atoms with van der Waals surface area (Å²) in [6, 6.07) is 0. The van der Waals surface area contributed by atoms with Crippen LogP contribution in [0.5, 0.6) is 0 Å². The van der Waals surface area contributed by atoms with Gasteiger partial charge >= 0.3 is 5.97 Å². The quantitative estimate of drug-likeness (QED) is 0.429. The summed E-state index contributed by atoms with van der Waals surface area (Å²) in [5, 5.41) is 9.95. The Bertz CT molecular complexity index is 665. The monoisotopic (exact) mass is 450 g/mol. The summed E-state index contributed by atoms with van der Waals surface area (Å²) in [4.78, 5) is 11.6. The number of alkyl halides is 1. The first-order valence-corrected chi connectivity index (χ1v) is 11.9. The topological polar surface area (TPSA) is 46.5 Å². The van der Waals surface area contributed by atoms with Gasteiger partial charge in [-0.3, -0.25) is 4.79 Å². The summed E-state index contributed by atoms with van der Waals surface area (Å²) in [6.07, 6.45) is 13.3. The zero-order valence-corrected chi connectivity index (χ0v) is 19.0. The van der Waals surface area contributed by atoms with Crippen LogP contribution in [0.15, 0.2) is 35.5 Å². The third-order valence-electron chi connectivity index (χ3n) is 7.59. The van der Waals surface area contributed by atoms with Crippen LogP contribution in [-0.4, -0.2) is 29.1 Å². The second-order valence-electron chi connectivity index (χ2n) is 9.28. The number of aliphatic hydroxyl groups is 1. The van der Waals surface area contributed by atoms with E-state index in [1.54, 1.807) is 5.57 Å². The lowest BCUT2D eigenvalue weighted by Crippen LogP contribution is -2.36.